The summed E-state index contributed by atoms with van der Waals surface area (Å²) in [5.74, 6) is 0.235. The molecule has 148 valence electrons. The molecule has 0 atom stereocenters. The van der Waals surface area contributed by atoms with E-state index in [1.54, 1.807) is 6.07 Å². The largest absolute Gasteiger partial charge is 2.00 e. The van der Waals surface area contributed by atoms with E-state index in [4.69, 9.17) is 5.73 Å². The summed E-state index contributed by atoms with van der Waals surface area (Å²) in [7, 11) is -3.66. The van der Waals surface area contributed by atoms with Crippen LogP contribution in [-0.4, -0.2) is 53.9 Å². The summed E-state index contributed by atoms with van der Waals surface area (Å²) in [5.41, 5.74) is 5.98. The minimum absolute atomic E-state index is 0. The first-order valence-electron chi connectivity index (χ1n) is 7.30. The Kier molecular flexibility index (Phi) is 15.0. The quantitative estimate of drug-likeness (QED) is 0.333. The number of benzene rings is 1. The Balaban J connectivity index is -0.000000225. The second kappa shape index (κ2) is 14.6. The Hall–Kier alpha value is -1.43. The molecule has 0 bridgehead atoms. The molecule has 1 aliphatic heterocycles. The van der Waals surface area contributed by atoms with Gasteiger partial charge in [0.25, 0.3) is 10.0 Å². The molecule has 1 saturated heterocycles. The fourth-order valence-corrected chi connectivity index (χ4v) is 2.70. The third-order valence-electron chi connectivity index (χ3n) is 2.88. The monoisotopic (exact) mass is 495 g/mol. The van der Waals surface area contributed by atoms with E-state index in [0.717, 1.165) is 19.4 Å². The zero-order valence-electron chi connectivity index (χ0n) is 16.6. The standard InChI is InChI=1S/C10H10N4O2S.C4H7NO.C2H3.Ag.Mg.2H/c11-8-2-4-9(5-3-8)17(15,16)14-10-12-6-1-7-13-10;6-4-2-1-3-5-4;1-2;;;;/h1-7H,11H2,(H,12,13,14);1-3H2,(H,5,6);1H,2H2;;;;/q;;-1;+1;+2;2*-1. The molecular formula is C16H22AgMgN5O3S. The van der Waals surface area contributed by atoms with Gasteiger partial charge in [-0.1, -0.05) is 0 Å². The van der Waals surface area contributed by atoms with Crippen LogP contribution in [0.4, 0.5) is 11.6 Å². The predicted molar refractivity (Wildman–Crippen MR) is 104 cm³/mol. The van der Waals surface area contributed by atoms with Gasteiger partial charge < -0.3 is 20.5 Å². The topological polar surface area (TPSA) is 127 Å². The van der Waals surface area contributed by atoms with Gasteiger partial charge in [0.05, 0.1) is 4.90 Å². The van der Waals surface area contributed by atoms with Gasteiger partial charge in [0.15, 0.2) is 0 Å². The van der Waals surface area contributed by atoms with Crippen LogP contribution in [0.3, 0.4) is 0 Å². The number of hydrogen-bond donors (Lipinski definition) is 3. The van der Waals surface area contributed by atoms with Crippen LogP contribution in [0, 0.1) is 6.58 Å². The Morgan fingerprint density at radius 2 is 1.74 bits per heavy atom. The second-order valence-corrected chi connectivity index (χ2v) is 6.38. The first kappa shape index (κ1) is 27.8. The van der Waals surface area contributed by atoms with Crippen molar-refractivity contribution in [2.75, 3.05) is 17.0 Å². The molecule has 0 saturated carbocycles. The van der Waals surface area contributed by atoms with Crippen LogP contribution in [0.2, 0.25) is 0 Å². The third kappa shape index (κ3) is 10.5. The molecule has 0 unspecified atom stereocenters. The summed E-state index contributed by atoms with van der Waals surface area (Å²) >= 11 is 0. The van der Waals surface area contributed by atoms with Crippen molar-refractivity contribution in [3.63, 3.8) is 0 Å². The van der Waals surface area contributed by atoms with Crippen LogP contribution in [0.15, 0.2) is 54.2 Å². The normalized spacial score (nSPS) is 11.8. The van der Waals surface area contributed by atoms with Crippen LogP contribution in [0.25, 0.3) is 0 Å². The average Bonchev–Trinajstić information content (AvgIpc) is 3.09. The van der Waals surface area contributed by atoms with E-state index in [2.05, 4.69) is 33.2 Å². The number of nitrogens with two attached hydrogens (primary N) is 1. The number of nitrogens with one attached hydrogen (secondary N) is 2. The Labute approximate surface area is 194 Å². The number of carbonyl (C=O) groups is 1. The number of sulfonamides is 1. The molecule has 0 spiro atoms. The van der Waals surface area contributed by atoms with Gasteiger partial charge in [-0.3, -0.25) is 11.4 Å². The number of rotatable bonds is 3. The van der Waals surface area contributed by atoms with Crippen molar-refractivity contribution in [2.24, 2.45) is 0 Å². The first-order chi connectivity index (χ1) is 12.0. The first-order valence-corrected chi connectivity index (χ1v) is 8.78. The molecule has 2 heterocycles. The Morgan fingerprint density at radius 1 is 1.19 bits per heavy atom. The second-order valence-electron chi connectivity index (χ2n) is 4.70. The average molecular weight is 497 g/mol. The number of amides is 1. The van der Waals surface area contributed by atoms with E-state index < -0.39 is 10.0 Å². The summed E-state index contributed by atoms with van der Waals surface area (Å²) in [4.78, 5) is 17.8. The van der Waals surface area contributed by atoms with Gasteiger partial charge in [-0.05, 0) is 36.8 Å². The molecule has 8 nitrogen and oxygen atoms in total. The van der Waals surface area contributed by atoms with Crippen LogP contribution in [0.1, 0.15) is 15.7 Å². The predicted octanol–water partition coefficient (Wildman–Crippen LogP) is 1.20. The molecule has 3 rings (SSSR count). The zero-order chi connectivity index (χ0) is 18.7. The van der Waals surface area contributed by atoms with Crippen molar-refractivity contribution in [1.29, 1.82) is 0 Å². The van der Waals surface area contributed by atoms with Gasteiger partial charge in [-0.2, -0.15) is 0 Å². The smallest absolute Gasteiger partial charge is 1.00 e. The van der Waals surface area contributed by atoms with Crippen LogP contribution < -0.4 is 15.8 Å². The molecular weight excluding hydrogens is 474 g/mol. The minimum Gasteiger partial charge on any atom is -1.00 e. The van der Waals surface area contributed by atoms with Gasteiger partial charge >= 0.3 is 45.4 Å². The van der Waals surface area contributed by atoms with Gasteiger partial charge in [-0.15, -0.1) is 0 Å². The number of hydrogen-bond acceptors (Lipinski definition) is 6. The maximum atomic E-state index is 11.9. The molecule has 1 aliphatic rings. The summed E-state index contributed by atoms with van der Waals surface area (Å²) in [6, 6.07) is 7.46. The number of anilines is 2. The van der Waals surface area contributed by atoms with E-state index in [9.17, 15) is 13.2 Å². The summed E-state index contributed by atoms with van der Waals surface area (Å²) in [5, 5.41) is 2.68. The van der Waals surface area contributed by atoms with Crippen LogP contribution in [0.5, 0.6) is 0 Å². The summed E-state index contributed by atoms with van der Waals surface area (Å²) in [6.45, 7) is 7.89. The van der Waals surface area contributed by atoms with E-state index >= 15 is 0 Å². The number of aromatic nitrogens is 2. The van der Waals surface area contributed by atoms with Gasteiger partial charge in [0.1, 0.15) is 0 Å². The van der Waals surface area contributed by atoms with Crippen molar-refractivity contribution in [3.8, 4) is 0 Å². The molecule has 2 aromatic rings. The Morgan fingerprint density at radius 3 is 2.15 bits per heavy atom. The van der Waals surface area contributed by atoms with Crippen LogP contribution in [-0.2, 0) is 37.2 Å². The van der Waals surface area contributed by atoms with Crippen LogP contribution >= 0.6 is 0 Å². The minimum atomic E-state index is -3.66. The molecule has 0 aliphatic carbocycles. The Bertz CT molecular complexity index is 779. The summed E-state index contributed by atoms with van der Waals surface area (Å²) < 4.78 is 26.0. The maximum Gasteiger partial charge on any atom is 2.00 e. The molecule has 1 aromatic carbocycles. The van der Waals surface area contributed by atoms with Gasteiger partial charge in [0, 0.05) is 31.0 Å². The fourth-order valence-electron chi connectivity index (χ4n) is 1.74. The molecule has 11 heteroatoms. The van der Waals surface area contributed by atoms with E-state index in [1.807, 2.05) is 0 Å². The van der Waals surface area contributed by atoms with Crippen molar-refractivity contribution >= 4 is 50.6 Å². The number of nitrogens with zero attached hydrogens (tertiary/aromatic N) is 2. The van der Waals surface area contributed by atoms with Crippen molar-refractivity contribution in [1.82, 2.24) is 15.3 Å². The maximum absolute atomic E-state index is 11.9. The molecule has 1 amide bonds. The van der Waals surface area contributed by atoms with Crippen molar-refractivity contribution < 1.29 is 38.4 Å². The molecule has 0 radical (unpaired) electrons. The molecule has 1 aromatic heterocycles. The summed E-state index contributed by atoms with van der Waals surface area (Å²) in [6.07, 6.45) is 4.67. The van der Waals surface area contributed by atoms with Crippen molar-refractivity contribution in [2.45, 2.75) is 17.7 Å². The van der Waals surface area contributed by atoms with Crippen molar-refractivity contribution in [3.05, 3.63) is 55.9 Å². The van der Waals surface area contributed by atoms with E-state index in [1.165, 1.54) is 36.7 Å². The zero-order valence-corrected chi connectivity index (χ0v) is 18.3. The SMILES string of the molecule is Nc1ccc(S(=O)(=O)Nc2ncccn2)cc1.O=C1CCCN1.[Ag+].[CH-]=C.[H-].[H-].[Mg+2]. The van der Waals surface area contributed by atoms with Gasteiger partial charge in [-0.25, -0.2) is 23.1 Å². The molecule has 27 heavy (non-hydrogen) atoms. The van der Waals surface area contributed by atoms with E-state index in [-0.39, 0.29) is 65.0 Å². The molecule has 1 fully saturated rings. The third-order valence-corrected chi connectivity index (χ3v) is 4.23. The molecule has 4 N–H and O–H groups in total. The van der Waals surface area contributed by atoms with Gasteiger partial charge in [0.2, 0.25) is 11.9 Å². The number of carbonyl (C=O) groups excluding carboxylic acids is 1. The fraction of sp³-hybridized carbons (Fsp3) is 0.188. The number of nitrogen functional groups attached to an aromatic ring is 1. The van der Waals surface area contributed by atoms with E-state index in [0.29, 0.717) is 5.69 Å².